The van der Waals surface area contributed by atoms with Crippen molar-refractivity contribution < 1.29 is 26.2 Å². The molecule has 3 aromatic carbocycles. The van der Waals surface area contributed by atoms with Gasteiger partial charge in [-0.05, 0) is 17.5 Å². The predicted octanol–water partition coefficient (Wildman–Crippen LogP) is 5.69. The number of aryl methyl sites for hydroxylation is 1. The van der Waals surface area contributed by atoms with Gasteiger partial charge in [-0.15, -0.1) is 28.5 Å². The van der Waals surface area contributed by atoms with Crippen LogP contribution in [0.5, 0.6) is 0 Å². The van der Waals surface area contributed by atoms with Gasteiger partial charge < -0.3 is 14.9 Å². The molecule has 0 fully saturated rings. The first-order valence-electron chi connectivity index (χ1n) is 6.11. The molecule has 0 aliphatic heterocycles. The van der Waals surface area contributed by atoms with Crippen LogP contribution < -0.4 is 0 Å². The van der Waals surface area contributed by atoms with E-state index in [2.05, 4.69) is 67.6 Å². The van der Waals surface area contributed by atoms with Crippen molar-refractivity contribution in [3.8, 4) is 11.1 Å². The van der Waals surface area contributed by atoms with Gasteiger partial charge >= 0.3 is 26.2 Å². The summed E-state index contributed by atoms with van der Waals surface area (Å²) in [5.74, 6) is 0. The fraction of sp³-hybridized carbons (Fsp3) is 0.105. The molecule has 0 aromatic heterocycles. The zero-order valence-corrected chi connectivity index (χ0v) is 14.9. The second kappa shape index (κ2) is 8.27. The van der Waals surface area contributed by atoms with Crippen LogP contribution in [0.15, 0.2) is 60.7 Å². The zero-order chi connectivity index (χ0) is 11.7. The van der Waals surface area contributed by atoms with Crippen LogP contribution in [-0.2, 0) is 32.6 Å². The molecule has 0 spiro atoms. The van der Waals surface area contributed by atoms with Gasteiger partial charge in [-0.25, -0.2) is 0 Å². The summed E-state index contributed by atoms with van der Waals surface area (Å²) in [4.78, 5) is 0. The van der Waals surface area contributed by atoms with E-state index >= 15 is 0 Å². The molecular formula is C19H21Zr. The average Bonchev–Trinajstić information content (AvgIpc) is 2.81. The second-order valence-electron chi connectivity index (χ2n) is 4.43. The van der Waals surface area contributed by atoms with Crippen molar-refractivity contribution in [2.24, 2.45) is 0 Å². The number of fused-ring (bicyclic) bond motifs is 1. The maximum Gasteiger partial charge on any atom is 3.00 e. The summed E-state index contributed by atoms with van der Waals surface area (Å²) in [6.07, 6.45) is 1.11. The third kappa shape index (κ3) is 3.73. The third-order valence-corrected chi connectivity index (χ3v) is 3.28. The zero-order valence-electron chi connectivity index (χ0n) is 12.5. The Bertz CT molecular complexity index is 635. The number of hydrogen-bond acceptors (Lipinski definition) is 0. The molecule has 1 heteroatoms. The molecule has 0 bridgehead atoms. The van der Waals surface area contributed by atoms with Gasteiger partial charge in [-0.1, -0.05) is 49.4 Å². The first kappa shape index (κ1) is 18.9. The van der Waals surface area contributed by atoms with Crippen molar-refractivity contribution in [3.63, 3.8) is 0 Å². The normalized spacial score (nSPS) is 9.25. The van der Waals surface area contributed by atoms with E-state index < -0.39 is 0 Å². The van der Waals surface area contributed by atoms with Gasteiger partial charge in [0.05, 0.1) is 0 Å². The smallest absolute Gasteiger partial charge is 0.358 e. The molecule has 0 aliphatic rings. The summed E-state index contributed by atoms with van der Waals surface area (Å²) in [6, 6.07) is 21.8. The summed E-state index contributed by atoms with van der Waals surface area (Å²) < 4.78 is 0. The molecule has 0 heterocycles. The summed E-state index contributed by atoms with van der Waals surface area (Å²) in [5.41, 5.74) is 4.00. The van der Waals surface area contributed by atoms with E-state index in [0.717, 1.165) is 6.42 Å². The molecule has 3 rings (SSSR count). The van der Waals surface area contributed by atoms with Crippen LogP contribution in [0.4, 0.5) is 0 Å². The molecule has 0 atom stereocenters. The van der Waals surface area contributed by atoms with Crippen LogP contribution in [0, 0.1) is 14.9 Å². The van der Waals surface area contributed by atoms with Crippen LogP contribution in [0.2, 0.25) is 0 Å². The second-order valence-corrected chi connectivity index (χ2v) is 4.43. The van der Waals surface area contributed by atoms with E-state index in [9.17, 15) is 0 Å². The topological polar surface area (TPSA) is 0 Å². The van der Waals surface area contributed by atoms with Gasteiger partial charge in [-0.2, -0.15) is 6.07 Å². The SMILES string of the molecule is CCc1cc2cc(-c3ccccc3)ccc2[cH-]1.[CH3-].[CH3-].[Zr+3]. The fourth-order valence-corrected chi connectivity index (χ4v) is 2.29. The van der Waals surface area contributed by atoms with Crippen molar-refractivity contribution >= 4 is 10.8 Å². The first-order valence-corrected chi connectivity index (χ1v) is 6.11. The maximum absolute atomic E-state index is 2.29. The van der Waals surface area contributed by atoms with Gasteiger partial charge in [0.2, 0.25) is 0 Å². The maximum atomic E-state index is 2.29. The van der Waals surface area contributed by atoms with E-state index in [1.54, 1.807) is 0 Å². The van der Waals surface area contributed by atoms with E-state index in [1.165, 1.54) is 27.5 Å². The van der Waals surface area contributed by atoms with Crippen LogP contribution in [0.3, 0.4) is 0 Å². The van der Waals surface area contributed by atoms with E-state index in [0.29, 0.717) is 0 Å². The van der Waals surface area contributed by atoms with Crippen molar-refractivity contribution in [1.82, 2.24) is 0 Å². The van der Waals surface area contributed by atoms with E-state index in [-0.39, 0.29) is 41.1 Å². The fourth-order valence-electron chi connectivity index (χ4n) is 2.29. The minimum absolute atomic E-state index is 0. The molecule has 20 heavy (non-hydrogen) atoms. The van der Waals surface area contributed by atoms with Gasteiger partial charge in [0, 0.05) is 0 Å². The first-order chi connectivity index (χ1) is 8.36. The van der Waals surface area contributed by atoms with Gasteiger partial charge in [0.1, 0.15) is 0 Å². The summed E-state index contributed by atoms with van der Waals surface area (Å²) >= 11 is 0. The molecular weight excluding hydrogens is 319 g/mol. The van der Waals surface area contributed by atoms with Crippen molar-refractivity contribution in [1.29, 1.82) is 0 Å². The van der Waals surface area contributed by atoms with Gasteiger partial charge in [-0.3, -0.25) is 0 Å². The Labute approximate surface area is 142 Å². The number of rotatable bonds is 2. The Hall–Kier alpha value is -1.07. The third-order valence-electron chi connectivity index (χ3n) is 3.28. The van der Waals surface area contributed by atoms with Crippen molar-refractivity contribution in [2.75, 3.05) is 0 Å². The Balaban J connectivity index is 0.00000120. The molecule has 0 saturated heterocycles. The molecule has 0 saturated carbocycles. The summed E-state index contributed by atoms with van der Waals surface area (Å²) in [7, 11) is 0. The molecule has 0 N–H and O–H groups in total. The van der Waals surface area contributed by atoms with Crippen LogP contribution in [-0.4, -0.2) is 0 Å². The predicted molar refractivity (Wildman–Crippen MR) is 87.2 cm³/mol. The Kier molecular flexibility index (Phi) is 7.83. The van der Waals surface area contributed by atoms with E-state index in [4.69, 9.17) is 0 Å². The van der Waals surface area contributed by atoms with Crippen LogP contribution in [0.1, 0.15) is 12.5 Å². The summed E-state index contributed by atoms with van der Waals surface area (Å²) in [5, 5.41) is 2.70. The summed E-state index contributed by atoms with van der Waals surface area (Å²) in [6.45, 7) is 2.20. The molecule has 101 valence electrons. The largest absolute Gasteiger partial charge is 3.00 e. The van der Waals surface area contributed by atoms with Crippen LogP contribution >= 0.6 is 0 Å². The van der Waals surface area contributed by atoms with Crippen LogP contribution in [0.25, 0.3) is 21.9 Å². The van der Waals surface area contributed by atoms with Crippen molar-refractivity contribution in [2.45, 2.75) is 13.3 Å². The van der Waals surface area contributed by atoms with Crippen molar-refractivity contribution in [3.05, 3.63) is 81.1 Å². The number of benzene rings is 2. The number of hydrogen-bond donors (Lipinski definition) is 0. The Morgan fingerprint density at radius 3 is 2.20 bits per heavy atom. The Morgan fingerprint density at radius 2 is 1.55 bits per heavy atom. The minimum atomic E-state index is 0. The van der Waals surface area contributed by atoms with Gasteiger partial charge in [0.25, 0.3) is 0 Å². The molecule has 0 aliphatic carbocycles. The molecule has 1 radical (unpaired) electrons. The molecule has 0 nitrogen and oxygen atoms in total. The molecule has 3 aromatic rings. The molecule has 0 unspecified atom stereocenters. The van der Waals surface area contributed by atoms with Gasteiger partial charge in [0.15, 0.2) is 0 Å². The average molecular weight is 341 g/mol. The minimum Gasteiger partial charge on any atom is -0.358 e. The standard InChI is InChI=1S/C17H15.2CH3.Zr/c1-2-13-10-15-8-9-16(12-17(15)11-13)14-6-4-3-5-7-14;;;/h3-12H,2H2,1H3;2*1H3;/q3*-1;+3. The molecule has 0 amide bonds. The van der Waals surface area contributed by atoms with E-state index in [1.807, 2.05) is 0 Å². The monoisotopic (exact) mass is 339 g/mol. The Morgan fingerprint density at radius 1 is 0.850 bits per heavy atom. The quantitative estimate of drug-likeness (QED) is 0.526.